The van der Waals surface area contributed by atoms with E-state index in [0.29, 0.717) is 11.6 Å². The van der Waals surface area contributed by atoms with E-state index in [1.807, 2.05) is 10.9 Å². The van der Waals surface area contributed by atoms with Crippen LogP contribution in [0.5, 0.6) is 0 Å². The van der Waals surface area contributed by atoms with Gasteiger partial charge in [-0.1, -0.05) is 62.8 Å². The SMILES string of the molecule is CCCCCCn1cc(/N=C(\N)Nc2cn(CCCCCC)nn2)nn1. The van der Waals surface area contributed by atoms with Crippen molar-refractivity contribution in [2.45, 2.75) is 78.3 Å². The highest BCUT2D eigenvalue weighted by atomic mass is 15.5. The molecule has 0 amide bonds. The maximum Gasteiger partial charge on any atom is 0.201 e. The average molecular weight is 361 g/mol. The Bertz CT molecular complexity index is 659. The first-order chi connectivity index (χ1) is 12.7. The van der Waals surface area contributed by atoms with Gasteiger partial charge >= 0.3 is 0 Å². The lowest BCUT2D eigenvalue weighted by Gasteiger charge is -2.00. The molecule has 0 saturated carbocycles. The second kappa shape index (κ2) is 11.2. The van der Waals surface area contributed by atoms with Gasteiger partial charge in [-0.2, -0.15) is 4.99 Å². The molecule has 2 aromatic heterocycles. The summed E-state index contributed by atoms with van der Waals surface area (Å²) in [5.41, 5.74) is 5.92. The molecule has 3 N–H and O–H groups in total. The van der Waals surface area contributed by atoms with Crippen LogP contribution in [0.1, 0.15) is 65.2 Å². The first-order valence-electron chi connectivity index (χ1n) is 9.62. The van der Waals surface area contributed by atoms with Crippen molar-refractivity contribution in [2.24, 2.45) is 10.7 Å². The minimum atomic E-state index is 0.223. The first-order valence-corrected chi connectivity index (χ1v) is 9.62. The first kappa shape index (κ1) is 19.9. The minimum Gasteiger partial charge on any atom is -0.369 e. The molecule has 0 atom stereocenters. The van der Waals surface area contributed by atoms with E-state index in [1.54, 1.807) is 10.9 Å². The highest BCUT2D eigenvalue weighted by molar-refractivity contribution is 5.92. The van der Waals surface area contributed by atoms with E-state index in [-0.39, 0.29) is 5.96 Å². The quantitative estimate of drug-likeness (QED) is 0.341. The Balaban J connectivity index is 1.79. The third-order valence-electron chi connectivity index (χ3n) is 4.04. The van der Waals surface area contributed by atoms with Crippen molar-refractivity contribution in [3.8, 4) is 0 Å². The lowest BCUT2D eigenvalue weighted by atomic mass is 10.2. The van der Waals surface area contributed by atoms with E-state index in [2.05, 4.69) is 44.8 Å². The van der Waals surface area contributed by atoms with E-state index in [4.69, 9.17) is 5.73 Å². The number of nitrogens with one attached hydrogen (secondary N) is 1. The van der Waals surface area contributed by atoms with Crippen molar-refractivity contribution in [3.63, 3.8) is 0 Å². The summed E-state index contributed by atoms with van der Waals surface area (Å²) in [5, 5.41) is 19.2. The summed E-state index contributed by atoms with van der Waals surface area (Å²) < 4.78 is 3.62. The second-order valence-corrected chi connectivity index (χ2v) is 6.45. The predicted molar refractivity (Wildman–Crippen MR) is 103 cm³/mol. The number of nitrogens with two attached hydrogens (primary N) is 1. The van der Waals surface area contributed by atoms with Crippen molar-refractivity contribution in [2.75, 3.05) is 5.32 Å². The topological polar surface area (TPSA) is 112 Å². The second-order valence-electron chi connectivity index (χ2n) is 6.45. The number of rotatable bonds is 12. The van der Waals surface area contributed by atoms with E-state index in [0.717, 1.165) is 25.9 Å². The van der Waals surface area contributed by atoms with Gasteiger partial charge in [0.05, 0.1) is 12.4 Å². The molecule has 0 aliphatic carbocycles. The largest absolute Gasteiger partial charge is 0.369 e. The number of aryl methyl sites for hydroxylation is 2. The molecule has 0 fully saturated rings. The number of anilines is 1. The molecule has 0 aromatic carbocycles. The normalized spacial score (nSPS) is 11.8. The zero-order chi connectivity index (χ0) is 18.6. The van der Waals surface area contributed by atoms with Gasteiger partial charge in [0, 0.05) is 13.1 Å². The Hall–Kier alpha value is -2.45. The summed E-state index contributed by atoms with van der Waals surface area (Å²) in [6, 6.07) is 0. The molecule has 9 heteroatoms. The van der Waals surface area contributed by atoms with E-state index in [9.17, 15) is 0 Å². The Kier molecular flexibility index (Phi) is 8.57. The molecular formula is C17H31N9. The molecule has 0 radical (unpaired) electrons. The summed E-state index contributed by atoms with van der Waals surface area (Å²) in [7, 11) is 0. The monoisotopic (exact) mass is 361 g/mol. The van der Waals surface area contributed by atoms with Crippen molar-refractivity contribution in [3.05, 3.63) is 12.4 Å². The van der Waals surface area contributed by atoms with Crippen molar-refractivity contribution in [1.29, 1.82) is 0 Å². The Labute approximate surface area is 155 Å². The lowest BCUT2D eigenvalue weighted by molar-refractivity contribution is 0.527. The van der Waals surface area contributed by atoms with Gasteiger partial charge in [0.2, 0.25) is 5.96 Å². The number of hydrogen-bond acceptors (Lipinski definition) is 5. The molecule has 9 nitrogen and oxygen atoms in total. The number of aromatic nitrogens is 6. The van der Waals surface area contributed by atoms with Crippen LogP contribution in [-0.2, 0) is 13.1 Å². The third-order valence-corrected chi connectivity index (χ3v) is 4.04. The standard InChI is InChI=1S/C17H31N9/c1-3-5-7-9-11-25-13-15(21-23-25)19-17(18)20-16-14-26(24-22-16)12-10-8-6-4-2/h13-14H,3-12H2,1-2H3,(H3,18,19,20). The highest BCUT2D eigenvalue weighted by Crippen LogP contribution is 2.08. The van der Waals surface area contributed by atoms with Crippen molar-refractivity contribution < 1.29 is 0 Å². The minimum absolute atomic E-state index is 0.223. The maximum absolute atomic E-state index is 5.92. The van der Waals surface area contributed by atoms with E-state index in [1.165, 1.54) is 38.5 Å². The molecule has 0 aliphatic heterocycles. The van der Waals surface area contributed by atoms with Gasteiger partial charge in [-0.15, -0.1) is 10.2 Å². The molecule has 0 unspecified atom stereocenters. The van der Waals surface area contributed by atoms with Gasteiger partial charge in [0.15, 0.2) is 11.6 Å². The van der Waals surface area contributed by atoms with Crippen LogP contribution in [0, 0.1) is 0 Å². The van der Waals surface area contributed by atoms with Crippen LogP contribution >= 0.6 is 0 Å². The lowest BCUT2D eigenvalue weighted by Crippen LogP contribution is -2.22. The van der Waals surface area contributed by atoms with Crippen LogP contribution in [-0.4, -0.2) is 35.9 Å². The van der Waals surface area contributed by atoms with Crippen LogP contribution in [0.15, 0.2) is 17.4 Å². The van der Waals surface area contributed by atoms with Crippen LogP contribution in [0.3, 0.4) is 0 Å². The van der Waals surface area contributed by atoms with Crippen molar-refractivity contribution >= 4 is 17.6 Å². The van der Waals surface area contributed by atoms with Gasteiger partial charge in [-0.25, -0.2) is 0 Å². The molecule has 2 aromatic rings. The van der Waals surface area contributed by atoms with Gasteiger partial charge in [-0.05, 0) is 12.8 Å². The smallest absolute Gasteiger partial charge is 0.201 e. The van der Waals surface area contributed by atoms with Crippen LogP contribution in [0.25, 0.3) is 0 Å². The molecule has 26 heavy (non-hydrogen) atoms. The van der Waals surface area contributed by atoms with Crippen LogP contribution in [0.2, 0.25) is 0 Å². The average Bonchev–Trinajstić information content (AvgIpc) is 3.25. The fraction of sp³-hybridized carbons (Fsp3) is 0.706. The highest BCUT2D eigenvalue weighted by Gasteiger charge is 2.04. The fourth-order valence-electron chi connectivity index (χ4n) is 2.60. The van der Waals surface area contributed by atoms with Gasteiger partial charge in [0.25, 0.3) is 0 Å². The number of unbranched alkanes of at least 4 members (excludes halogenated alkanes) is 6. The maximum atomic E-state index is 5.92. The number of aliphatic imine (C=N–C) groups is 1. The number of hydrogen-bond donors (Lipinski definition) is 2. The summed E-state index contributed by atoms with van der Waals surface area (Å²) in [6.45, 7) is 6.11. The molecule has 2 rings (SSSR count). The summed E-state index contributed by atoms with van der Waals surface area (Å²) >= 11 is 0. The fourth-order valence-corrected chi connectivity index (χ4v) is 2.60. The van der Waals surface area contributed by atoms with Crippen molar-refractivity contribution in [1.82, 2.24) is 30.0 Å². The molecule has 0 spiro atoms. The summed E-state index contributed by atoms with van der Waals surface area (Å²) in [6.07, 6.45) is 13.2. The Morgan fingerprint density at radius 3 is 2.19 bits per heavy atom. The molecule has 144 valence electrons. The zero-order valence-corrected chi connectivity index (χ0v) is 15.9. The van der Waals surface area contributed by atoms with E-state index >= 15 is 0 Å². The molecule has 0 bridgehead atoms. The molecule has 0 aliphatic rings. The number of guanidine groups is 1. The summed E-state index contributed by atoms with van der Waals surface area (Å²) in [5.74, 6) is 1.28. The molecule has 2 heterocycles. The molecule has 0 saturated heterocycles. The number of nitrogens with zero attached hydrogens (tertiary/aromatic N) is 7. The summed E-state index contributed by atoms with van der Waals surface area (Å²) in [4.78, 5) is 4.23. The van der Waals surface area contributed by atoms with Gasteiger partial charge in [0.1, 0.15) is 0 Å². The zero-order valence-electron chi connectivity index (χ0n) is 15.9. The van der Waals surface area contributed by atoms with Crippen LogP contribution < -0.4 is 11.1 Å². The Morgan fingerprint density at radius 2 is 1.54 bits per heavy atom. The van der Waals surface area contributed by atoms with Crippen LogP contribution in [0.4, 0.5) is 11.6 Å². The van der Waals surface area contributed by atoms with Gasteiger partial charge in [-0.3, -0.25) is 9.36 Å². The van der Waals surface area contributed by atoms with Gasteiger partial charge < -0.3 is 11.1 Å². The third kappa shape index (κ3) is 7.20. The van der Waals surface area contributed by atoms with E-state index < -0.39 is 0 Å². The predicted octanol–water partition coefficient (Wildman–Crippen LogP) is 3.09. The molecular weight excluding hydrogens is 330 g/mol. The Morgan fingerprint density at radius 1 is 0.923 bits per heavy atom.